The van der Waals surface area contributed by atoms with Crippen LogP contribution in [0.1, 0.15) is 6.42 Å². The molecule has 120 valence electrons. The number of nitrogens with one attached hydrogen (secondary N) is 1. The maximum Gasteiger partial charge on any atom is 0.573 e. The molecule has 2 rings (SSSR count). The Morgan fingerprint density at radius 3 is 2.59 bits per heavy atom. The van der Waals surface area contributed by atoms with Crippen LogP contribution in [0, 0.1) is 5.92 Å². The Morgan fingerprint density at radius 1 is 1.32 bits per heavy atom. The van der Waals surface area contributed by atoms with E-state index in [0.29, 0.717) is 6.42 Å². The van der Waals surface area contributed by atoms with E-state index in [-0.39, 0.29) is 18.8 Å². The van der Waals surface area contributed by atoms with Crippen LogP contribution in [0.4, 0.5) is 23.7 Å². The van der Waals surface area contributed by atoms with Gasteiger partial charge in [-0.05, 0) is 18.6 Å². The van der Waals surface area contributed by atoms with Gasteiger partial charge in [-0.15, -0.1) is 13.2 Å². The number of halogens is 3. The SMILES string of the molecule is O=C(O)C1CCN(C(=O)Nc2ccccc2OC(F)(F)F)C1. The van der Waals surface area contributed by atoms with Crippen molar-refractivity contribution < 1.29 is 32.6 Å². The number of carbonyl (C=O) groups is 2. The van der Waals surface area contributed by atoms with Crippen molar-refractivity contribution in [2.24, 2.45) is 5.92 Å². The van der Waals surface area contributed by atoms with Crippen molar-refractivity contribution in [3.05, 3.63) is 24.3 Å². The predicted octanol–water partition coefficient (Wildman–Crippen LogP) is 2.52. The van der Waals surface area contributed by atoms with E-state index in [9.17, 15) is 22.8 Å². The smallest absolute Gasteiger partial charge is 0.481 e. The lowest BCUT2D eigenvalue weighted by Crippen LogP contribution is -2.34. The molecule has 0 aliphatic carbocycles. The van der Waals surface area contributed by atoms with Gasteiger partial charge in [-0.3, -0.25) is 4.79 Å². The number of anilines is 1. The molecule has 2 amide bonds. The highest BCUT2D eigenvalue weighted by Crippen LogP contribution is 2.30. The van der Waals surface area contributed by atoms with Crippen molar-refractivity contribution in [1.82, 2.24) is 4.90 Å². The summed E-state index contributed by atoms with van der Waals surface area (Å²) < 4.78 is 40.7. The summed E-state index contributed by atoms with van der Waals surface area (Å²) in [6.07, 6.45) is -4.56. The highest BCUT2D eigenvalue weighted by Gasteiger charge is 2.33. The maximum absolute atomic E-state index is 12.3. The molecule has 0 spiro atoms. The predicted molar refractivity (Wildman–Crippen MR) is 69.5 cm³/mol. The average Bonchev–Trinajstić information content (AvgIpc) is 2.89. The molecule has 6 nitrogen and oxygen atoms in total. The second kappa shape index (κ2) is 6.12. The van der Waals surface area contributed by atoms with Gasteiger partial charge in [-0.1, -0.05) is 12.1 Å². The van der Waals surface area contributed by atoms with E-state index in [1.54, 1.807) is 0 Å². The van der Waals surface area contributed by atoms with Crippen LogP contribution in [0.15, 0.2) is 24.3 Å². The molecule has 1 saturated heterocycles. The van der Waals surface area contributed by atoms with Crippen molar-refractivity contribution in [3.63, 3.8) is 0 Å². The third-order valence-electron chi connectivity index (χ3n) is 3.18. The lowest BCUT2D eigenvalue weighted by atomic mass is 10.1. The summed E-state index contributed by atoms with van der Waals surface area (Å²) in [4.78, 5) is 24.1. The number of hydrogen-bond donors (Lipinski definition) is 2. The Balaban J connectivity index is 2.05. The fraction of sp³-hybridized carbons (Fsp3) is 0.385. The molecule has 1 aromatic rings. The second-order valence-electron chi connectivity index (χ2n) is 4.74. The van der Waals surface area contributed by atoms with Gasteiger partial charge < -0.3 is 20.1 Å². The summed E-state index contributed by atoms with van der Waals surface area (Å²) in [5, 5.41) is 11.2. The van der Waals surface area contributed by atoms with Gasteiger partial charge in [0.15, 0.2) is 5.75 Å². The van der Waals surface area contributed by atoms with Crippen LogP contribution >= 0.6 is 0 Å². The first-order chi connectivity index (χ1) is 10.3. The molecule has 2 N–H and O–H groups in total. The van der Waals surface area contributed by atoms with Crippen molar-refractivity contribution in [1.29, 1.82) is 0 Å². The average molecular weight is 318 g/mol. The van der Waals surface area contributed by atoms with Gasteiger partial charge >= 0.3 is 18.4 Å². The zero-order chi connectivity index (χ0) is 16.3. The van der Waals surface area contributed by atoms with Gasteiger partial charge in [-0.25, -0.2) is 4.79 Å². The number of nitrogens with zero attached hydrogens (tertiary/aromatic N) is 1. The number of para-hydroxylation sites is 2. The number of likely N-dealkylation sites (tertiary alicyclic amines) is 1. The van der Waals surface area contributed by atoms with E-state index < -0.39 is 30.0 Å². The second-order valence-corrected chi connectivity index (χ2v) is 4.74. The molecule has 1 aromatic carbocycles. The van der Waals surface area contributed by atoms with Crippen molar-refractivity contribution in [2.75, 3.05) is 18.4 Å². The summed E-state index contributed by atoms with van der Waals surface area (Å²) in [5.41, 5.74) is -0.136. The Bertz CT molecular complexity index is 577. The molecule has 1 atom stereocenters. The molecular weight excluding hydrogens is 305 g/mol. The largest absolute Gasteiger partial charge is 0.573 e. The van der Waals surface area contributed by atoms with Crippen LogP contribution < -0.4 is 10.1 Å². The monoisotopic (exact) mass is 318 g/mol. The third-order valence-corrected chi connectivity index (χ3v) is 3.18. The number of benzene rings is 1. The Morgan fingerprint density at radius 2 is 2.00 bits per heavy atom. The quantitative estimate of drug-likeness (QED) is 0.897. The number of carboxylic acid groups (broad SMARTS) is 1. The van der Waals surface area contributed by atoms with Crippen molar-refractivity contribution in [3.8, 4) is 5.75 Å². The van der Waals surface area contributed by atoms with E-state index in [1.165, 1.54) is 23.1 Å². The highest BCUT2D eigenvalue weighted by atomic mass is 19.4. The molecule has 0 aromatic heterocycles. The fourth-order valence-corrected chi connectivity index (χ4v) is 2.12. The molecule has 0 bridgehead atoms. The normalized spacial score (nSPS) is 18.1. The first kappa shape index (κ1) is 15.9. The molecule has 1 unspecified atom stereocenters. The molecule has 0 saturated carbocycles. The van der Waals surface area contributed by atoms with Crippen LogP contribution in [0.2, 0.25) is 0 Å². The lowest BCUT2D eigenvalue weighted by Gasteiger charge is -2.19. The van der Waals surface area contributed by atoms with Crippen LogP contribution in [0.3, 0.4) is 0 Å². The molecule has 1 heterocycles. The molecule has 1 aliphatic rings. The summed E-state index contributed by atoms with van der Waals surface area (Å²) in [6.45, 7) is 0.245. The topological polar surface area (TPSA) is 78.9 Å². The number of aliphatic carboxylic acids is 1. The van der Waals surface area contributed by atoms with Crippen molar-refractivity contribution in [2.45, 2.75) is 12.8 Å². The van der Waals surface area contributed by atoms with E-state index in [1.807, 2.05) is 0 Å². The molecule has 1 fully saturated rings. The summed E-state index contributed by atoms with van der Waals surface area (Å²) >= 11 is 0. The third kappa shape index (κ3) is 4.03. The minimum absolute atomic E-state index is 0.0173. The van der Waals surface area contributed by atoms with Crippen LogP contribution in [0.25, 0.3) is 0 Å². The number of carboxylic acids is 1. The van der Waals surface area contributed by atoms with E-state index in [2.05, 4.69) is 10.1 Å². The number of amides is 2. The number of ether oxygens (including phenoxy) is 1. The summed E-state index contributed by atoms with van der Waals surface area (Å²) in [5.74, 6) is -2.19. The summed E-state index contributed by atoms with van der Waals surface area (Å²) in [7, 11) is 0. The number of carbonyl (C=O) groups excluding carboxylic acids is 1. The minimum Gasteiger partial charge on any atom is -0.481 e. The van der Waals surface area contributed by atoms with Gasteiger partial charge in [0.05, 0.1) is 11.6 Å². The molecule has 0 radical (unpaired) electrons. The van der Waals surface area contributed by atoms with Gasteiger partial charge in [-0.2, -0.15) is 0 Å². The van der Waals surface area contributed by atoms with E-state index >= 15 is 0 Å². The Hall–Kier alpha value is -2.45. The van der Waals surface area contributed by atoms with Gasteiger partial charge in [0.2, 0.25) is 0 Å². The number of urea groups is 1. The highest BCUT2D eigenvalue weighted by molar-refractivity contribution is 5.91. The van der Waals surface area contributed by atoms with Crippen LogP contribution in [-0.2, 0) is 4.79 Å². The Kier molecular flexibility index (Phi) is 4.43. The fourth-order valence-electron chi connectivity index (χ4n) is 2.12. The minimum atomic E-state index is -4.87. The van der Waals surface area contributed by atoms with Crippen LogP contribution in [0.5, 0.6) is 5.75 Å². The molecule has 9 heteroatoms. The van der Waals surface area contributed by atoms with Gasteiger partial charge in [0.25, 0.3) is 0 Å². The molecule has 22 heavy (non-hydrogen) atoms. The number of hydrogen-bond acceptors (Lipinski definition) is 3. The molecular formula is C13H13F3N2O4. The maximum atomic E-state index is 12.3. The van der Waals surface area contributed by atoms with Gasteiger partial charge in [0.1, 0.15) is 0 Å². The lowest BCUT2D eigenvalue weighted by molar-refractivity contribution is -0.274. The van der Waals surface area contributed by atoms with Crippen LogP contribution in [-0.4, -0.2) is 41.5 Å². The first-order valence-corrected chi connectivity index (χ1v) is 6.40. The summed E-state index contributed by atoms with van der Waals surface area (Å²) in [6, 6.07) is 4.47. The number of rotatable bonds is 3. The first-order valence-electron chi connectivity index (χ1n) is 6.40. The van der Waals surface area contributed by atoms with E-state index in [4.69, 9.17) is 5.11 Å². The van der Waals surface area contributed by atoms with Crippen molar-refractivity contribution >= 4 is 17.7 Å². The van der Waals surface area contributed by atoms with E-state index in [0.717, 1.165) is 6.07 Å². The standard InChI is InChI=1S/C13H13F3N2O4/c14-13(15,16)22-10-4-2-1-3-9(10)17-12(21)18-6-5-8(7-18)11(19)20/h1-4,8H,5-7H2,(H,17,21)(H,19,20). The zero-order valence-corrected chi connectivity index (χ0v) is 11.3. The zero-order valence-electron chi connectivity index (χ0n) is 11.3. The Labute approximate surface area is 123 Å². The van der Waals surface area contributed by atoms with Gasteiger partial charge in [0, 0.05) is 13.1 Å². The molecule has 1 aliphatic heterocycles. The number of alkyl halides is 3.